The molecule has 3 nitrogen and oxygen atoms in total. The van der Waals surface area contributed by atoms with E-state index in [9.17, 15) is 5.11 Å². The van der Waals surface area contributed by atoms with E-state index in [0.29, 0.717) is 11.3 Å². The number of aliphatic hydroxyl groups is 2. The van der Waals surface area contributed by atoms with Gasteiger partial charge in [0.1, 0.15) is 23.7 Å². The van der Waals surface area contributed by atoms with E-state index in [1.54, 1.807) is 38.1 Å². The summed E-state index contributed by atoms with van der Waals surface area (Å²) in [7, 11) is 0. The summed E-state index contributed by atoms with van der Waals surface area (Å²) in [6.07, 6.45) is 0. The molecule has 0 unspecified atom stereocenters. The number of rotatable bonds is 3. The van der Waals surface area contributed by atoms with Gasteiger partial charge in [-0.2, -0.15) is 0 Å². The Morgan fingerprint density at radius 2 is 1.94 bits per heavy atom. The van der Waals surface area contributed by atoms with Crippen molar-refractivity contribution in [2.24, 2.45) is 0 Å². The van der Waals surface area contributed by atoms with E-state index in [0.717, 1.165) is 0 Å². The minimum atomic E-state index is -0.998. The summed E-state index contributed by atoms with van der Waals surface area (Å²) >= 11 is 0. The lowest BCUT2D eigenvalue weighted by Gasteiger charge is -2.06. The van der Waals surface area contributed by atoms with Crippen LogP contribution in [0.3, 0.4) is 0 Å². The van der Waals surface area contributed by atoms with Crippen LogP contribution in [-0.2, 0) is 0 Å². The molecule has 0 radical (unpaired) electrons. The van der Waals surface area contributed by atoms with Gasteiger partial charge in [-0.05, 0) is 38.1 Å². The number of aliphatic hydroxyl groups excluding tert-OH is 1. The Labute approximate surface area is 101 Å². The van der Waals surface area contributed by atoms with Gasteiger partial charge >= 0.3 is 0 Å². The van der Waals surface area contributed by atoms with E-state index in [4.69, 9.17) is 9.84 Å². The van der Waals surface area contributed by atoms with Crippen LogP contribution in [0.2, 0.25) is 0 Å². The molecule has 90 valence electrons. The summed E-state index contributed by atoms with van der Waals surface area (Å²) in [4.78, 5) is 0. The third-order valence-electron chi connectivity index (χ3n) is 1.89. The Hall–Kier alpha value is -1.92. The fourth-order valence-electron chi connectivity index (χ4n) is 1.12. The van der Waals surface area contributed by atoms with Crippen LogP contribution in [0.4, 0.5) is 0 Å². The number of hydrogen-bond acceptors (Lipinski definition) is 3. The molecule has 0 saturated carbocycles. The smallest absolute Gasteiger partial charge is 0.149 e. The summed E-state index contributed by atoms with van der Waals surface area (Å²) < 4.78 is 5.34. The molecule has 2 N–H and O–H groups in total. The zero-order chi connectivity index (χ0) is 12.9. The van der Waals surface area contributed by atoms with E-state index < -0.39 is 5.60 Å². The van der Waals surface area contributed by atoms with Crippen molar-refractivity contribution >= 4 is 5.76 Å². The maximum absolute atomic E-state index is 9.35. The average Bonchev–Trinajstić information content (AvgIpc) is 2.24. The summed E-state index contributed by atoms with van der Waals surface area (Å²) in [5.41, 5.74) is -0.345. The molecule has 0 saturated heterocycles. The van der Waals surface area contributed by atoms with Crippen LogP contribution in [0, 0.1) is 11.8 Å². The number of hydrogen-bond donors (Lipinski definition) is 2. The van der Waals surface area contributed by atoms with E-state index in [2.05, 4.69) is 18.4 Å². The topological polar surface area (TPSA) is 49.7 Å². The summed E-state index contributed by atoms with van der Waals surface area (Å²) in [5, 5.41) is 18.5. The van der Waals surface area contributed by atoms with Gasteiger partial charge in [-0.15, -0.1) is 0 Å². The summed E-state index contributed by atoms with van der Waals surface area (Å²) in [5.74, 6) is 6.05. The Kier molecular flexibility index (Phi) is 4.19. The molecule has 17 heavy (non-hydrogen) atoms. The SMILES string of the molecule is C=C(O)c1ccc(OCC#CC(C)(C)O)cc1. The molecule has 1 rings (SSSR count). The molecule has 0 bridgehead atoms. The van der Waals surface area contributed by atoms with Gasteiger partial charge in [-0.3, -0.25) is 0 Å². The lowest BCUT2D eigenvalue weighted by molar-refractivity contribution is 0.143. The molecule has 0 aromatic heterocycles. The third-order valence-corrected chi connectivity index (χ3v) is 1.89. The van der Waals surface area contributed by atoms with E-state index in [-0.39, 0.29) is 12.4 Å². The maximum atomic E-state index is 9.35. The minimum Gasteiger partial charge on any atom is -0.508 e. The van der Waals surface area contributed by atoms with Crippen molar-refractivity contribution in [3.05, 3.63) is 36.4 Å². The van der Waals surface area contributed by atoms with Gasteiger partial charge in [0.05, 0.1) is 0 Å². The van der Waals surface area contributed by atoms with E-state index >= 15 is 0 Å². The van der Waals surface area contributed by atoms with Crippen LogP contribution < -0.4 is 4.74 Å². The van der Waals surface area contributed by atoms with Gasteiger partial charge in [-0.1, -0.05) is 18.4 Å². The van der Waals surface area contributed by atoms with Crippen LogP contribution in [0.15, 0.2) is 30.8 Å². The van der Waals surface area contributed by atoms with Gasteiger partial charge in [0, 0.05) is 5.56 Å². The van der Waals surface area contributed by atoms with Gasteiger partial charge in [-0.25, -0.2) is 0 Å². The lowest BCUT2D eigenvalue weighted by atomic mass is 10.1. The quantitative estimate of drug-likeness (QED) is 0.621. The molecule has 0 aliphatic carbocycles. The first-order chi connectivity index (χ1) is 7.88. The van der Waals surface area contributed by atoms with Crippen molar-refractivity contribution in [2.75, 3.05) is 6.61 Å². The molecule has 3 heteroatoms. The third kappa shape index (κ3) is 5.10. The Balaban J connectivity index is 2.53. The van der Waals surface area contributed by atoms with Crippen LogP contribution in [0.5, 0.6) is 5.75 Å². The second-order valence-corrected chi connectivity index (χ2v) is 4.12. The molecule has 0 heterocycles. The van der Waals surface area contributed by atoms with Crippen LogP contribution in [0.1, 0.15) is 19.4 Å². The Morgan fingerprint density at radius 3 is 2.41 bits per heavy atom. The number of ether oxygens (including phenoxy) is 1. The van der Waals surface area contributed by atoms with E-state index in [1.165, 1.54) is 0 Å². The second-order valence-electron chi connectivity index (χ2n) is 4.12. The first kappa shape index (κ1) is 13.1. The summed E-state index contributed by atoms with van der Waals surface area (Å²) in [6.45, 7) is 6.86. The van der Waals surface area contributed by atoms with Gasteiger partial charge in [0.2, 0.25) is 0 Å². The van der Waals surface area contributed by atoms with Crippen molar-refractivity contribution in [2.45, 2.75) is 19.4 Å². The predicted octanol–water partition coefficient (Wildman–Crippen LogP) is 2.37. The van der Waals surface area contributed by atoms with Crippen molar-refractivity contribution in [3.63, 3.8) is 0 Å². The zero-order valence-corrected chi connectivity index (χ0v) is 10.0. The van der Waals surface area contributed by atoms with Gasteiger partial charge < -0.3 is 14.9 Å². The van der Waals surface area contributed by atoms with Crippen LogP contribution in [0.25, 0.3) is 5.76 Å². The molecular formula is C14H16O3. The molecule has 0 fully saturated rings. The van der Waals surface area contributed by atoms with Crippen molar-refractivity contribution in [1.29, 1.82) is 0 Å². The predicted molar refractivity (Wildman–Crippen MR) is 67.7 cm³/mol. The average molecular weight is 232 g/mol. The first-order valence-corrected chi connectivity index (χ1v) is 5.22. The highest BCUT2D eigenvalue weighted by molar-refractivity contribution is 5.56. The maximum Gasteiger partial charge on any atom is 0.149 e. The Morgan fingerprint density at radius 1 is 1.35 bits per heavy atom. The molecule has 0 spiro atoms. The monoisotopic (exact) mass is 232 g/mol. The normalized spacial score (nSPS) is 10.3. The molecule has 0 aliphatic rings. The lowest BCUT2D eigenvalue weighted by Crippen LogP contribution is -2.15. The summed E-state index contributed by atoms with van der Waals surface area (Å²) in [6, 6.07) is 6.87. The molecule has 0 amide bonds. The molecule has 1 aromatic carbocycles. The van der Waals surface area contributed by atoms with Crippen molar-refractivity contribution < 1.29 is 14.9 Å². The van der Waals surface area contributed by atoms with Crippen LogP contribution >= 0.6 is 0 Å². The molecular weight excluding hydrogens is 216 g/mol. The highest BCUT2D eigenvalue weighted by atomic mass is 16.5. The molecule has 0 atom stereocenters. The number of benzene rings is 1. The fourth-order valence-corrected chi connectivity index (χ4v) is 1.12. The van der Waals surface area contributed by atoms with Crippen molar-refractivity contribution in [3.8, 4) is 17.6 Å². The van der Waals surface area contributed by atoms with E-state index in [1.807, 2.05) is 0 Å². The second kappa shape index (κ2) is 5.42. The largest absolute Gasteiger partial charge is 0.508 e. The highest BCUT2D eigenvalue weighted by Crippen LogP contribution is 2.15. The molecule has 0 aliphatic heterocycles. The minimum absolute atomic E-state index is 0.0263. The zero-order valence-electron chi connectivity index (χ0n) is 10.0. The van der Waals surface area contributed by atoms with Crippen LogP contribution in [-0.4, -0.2) is 22.4 Å². The highest BCUT2D eigenvalue weighted by Gasteiger charge is 2.05. The fraction of sp³-hybridized carbons (Fsp3) is 0.286. The standard InChI is InChI=1S/C14H16O3/c1-11(15)12-5-7-13(8-6-12)17-10-4-9-14(2,3)16/h5-8,15-16H,1,10H2,2-3H3. The Bertz CT molecular complexity index is 441. The van der Waals surface area contributed by atoms with Gasteiger partial charge in [0.15, 0.2) is 0 Å². The van der Waals surface area contributed by atoms with Crippen molar-refractivity contribution in [1.82, 2.24) is 0 Å². The first-order valence-electron chi connectivity index (χ1n) is 5.22. The van der Waals surface area contributed by atoms with Gasteiger partial charge in [0.25, 0.3) is 0 Å². The molecule has 1 aromatic rings.